The number of halogens is 4. The maximum Gasteiger partial charge on any atom is 0.185 e. The van der Waals surface area contributed by atoms with Gasteiger partial charge in [0.25, 0.3) is 0 Å². The van der Waals surface area contributed by atoms with Crippen LogP contribution in [-0.2, 0) is 11.2 Å². The van der Waals surface area contributed by atoms with Gasteiger partial charge in [-0.2, -0.15) is 0 Å². The third kappa shape index (κ3) is 7.06. The second kappa shape index (κ2) is 13.0. The van der Waals surface area contributed by atoms with Gasteiger partial charge in [-0.25, -0.2) is 13.8 Å². The van der Waals surface area contributed by atoms with Gasteiger partial charge >= 0.3 is 0 Å². The molecule has 41 heavy (non-hydrogen) atoms. The molecule has 0 radical (unpaired) electrons. The Bertz CT molecular complexity index is 1550. The predicted molar refractivity (Wildman–Crippen MR) is 160 cm³/mol. The standard InChI is InChI=1S/C29H29Cl2F2N5O2S/c1-29(2,18-4-9-21(30)24(13-18)39-3)26-15-37-28(38(26)20-7-5-19(32)6-8-20)41-16-17-12-25(22(31)14-23(17)33)40-11-10-36-27(34)35/h4-9,12-15H,10-11,16H2,1-3H3,(H4,34,35,36). The van der Waals surface area contributed by atoms with Gasteiger partial charge in [0.1, 0.15) is 29.7 Å². The fraction of sp³-hybridized carbons (Fsp3) is 0.241. The van der Waals surface area contributed by atoms with Crippen LogP contribution in [0, 0.1) is 17.0 Å². The summed E-state index contributed by atoms with van der Waals surface area (Å²) in [6.07, 6.45) is 1.77. The average molecular weight is 621 g/mol. The van der Waals surface area contributed by atoms with Crippen LogP contribution in [0.15, 0.2) is 66.0 Å². The van der Waals surface area contributed by atoms with Crippen LogP contribution >= 0.6 is 35.0 Å². The number of benzene rings is 3. The van der Waals surface area contributed by atoms with Crippen LogP contribution in [0.2, 0.25) is 10.0 Å². The van der Waals surface area contributed by atoms with E-state index in [0.29, 0.717) is 39.5 Å². The summed E-state index contributed by atoms with van der Waals surface area (Å²) in [5, 5.41) is 11.1. The summed E-state index contributed by atoms with van der Waals surface area (Å²) < 4.78 is 41.8. The van der Waals surface area contributed by atoms with Gasteiger partial charge in [0.2, 0.25) is 0 Å². The summed E-state index contributed by atoms with van der Waals surface area (Å²) in [4.78, 5) is 4.68. The van der Waals surface area contributed by atoms with Crippen molar-refractivity contribution in [3.63, 3.8) is 0 Å². The summed E-state index contributed by atoms with van der Waals surface area (Å²) in [6.45, 7) is 4.57. The molecule has 216 valence electrons. The minimum Gasteiger partial charge on any atom is -0.495 e. The zero-order chi connectivity index (χ0) is 29.7. The van der Waals surface area contributed by atoms with Crippen molar-refractivity contribution < 1.29 is 18.3 Å². The number of hydrogen-bond donors (Lipinski definition) is 3. The van der Waals surface area contributed by atoms with Crippen molar-refractivity contribution in [1.82, 2.24) is 14.9 Å². The number of hydrogen-bond acceptors (Lipinski definition) is 5. The molecule has 0 saturated heterocycles. The Kier molecular flexibility index (Phi) is 9.68. The highest BCUT2D eigenvalue weighted by Crippen LogP contribution is 2.39. The predicted octanol–water partition coefficient (Wildman–Crippen LogP) is 6.95. The first-order valence-electron chi connectivity index (χ1n) is 12.5. The number of aromatic nitrogens is 2. The molecular weight excluding hydrogens is 591 g/mol. The molecule has 0 aliphatic carbocycles. The van der Waals surface area contributed by atoms with Crippen LogP contribution in [0.1, 0.15) is 30.7 Å². The van der Waals surface area contributed by atoms with E-state index in [1.165, 1.54) is 30.0 Å². The van der Waals surface area contributed by atoms with E-state index in [2.05, 4.69) is 10.3 Å². The van der Waals surface area contributed by atoms with Crippen molar-refractivity contribution in [2.45, 2.75) is 30.2 Å². The molecule has 0 atom stereocenters. The Morgan fingerprint density at radius 2 is 1.80 bits per heavy atom. The van der Waals surface area contributed by atoms with Crippen LogP contribution in [0.5, 0.6) is 11.5 Å². The Labute approximate surface area is 251 Å². The third-order valence-corrected chi connectivity index (χ3v) is 8.07. The van der Waals surface area contributed by atoms with Gasteiger partial charge in [0.15, 0.2) is 11.1 Å². The number of guanidine groups is 1. The fourth-order valence-electron chi connectivity index (χ4n) is 4.20. The summed E-state index contributed by atoms with van der Waals surface area (Å²) in [5.41, 5.74) is 7.54. The highest BCUT2D eigenvalue weighted by Gasteiger charge is 2.30. The van der Waals surface area contributed by atoms with E-state index < -0.39 is 11.2 Å². The van der Waals surface area contributed by atoms with E-state index >= 15 is 0 Å². The van der Waals surface area contributed by atoms with Crippen LogP contribution in [-0.4, -0.2) is 35.8 Å². The lowest BCUT2D eigenvalue weighted by molar-refractivity contribution is 0.321. The van der Waals surface area contributed by atoms with Crippen molar-refractivity contribution in [3.8, 4) is 17.2 Å². The highest BCUT2D eigenvalue weighted by atomic mass is 35.5. The lowest BCUT2D eigenvalue weighted by Crippen LogP contribution is -2.33. The summed E-state index contributed by atoms with van der Waals surface area (Å²) in [5.74, 6) is 0.0662. The first-order chi connectivity index (χ1) is 19.5. The molecule has 0 bridgehead atoms. The molecule has 0 spiro atoms. The lowest BCUT2D eigenvalue weighted by atomic mass is 9.81. The van der Waals surface area contributed by atoms with Crippen LogP contribution in [0.25, 0.3) is 5.69 Å². The SMILES string of the molecule is COc1cc(C(C)(C)c2cnc(SCc3cc(OCCNC(=N)N)c(Cl)cc3F)n2-c2ccc(F)cc2)ccc1Cl. The molecule has 4 rings (SSSR count). The second-order valence-electron chi connectivity index (χ2n) is 9.56. The van der Waals surface area contributed by atoms with Crippen LogP contribution in [0.4, 0.5) is 8.78 Å². The Morgan fingerprint density at radius 3 is 2.49 bits per heavy atom. The maximum atomic E-state index is 14.9. The van der Waals surface area contributed by atoms with Gasteiger partial charge in [-0.05, 0) is 54.1 Å². The highest BCUT2D eigenvalue weighted by molar-refractivity contribution is 7.98. The lowest BCUT2D eigenvalue weighted by Gasteiger charge is -2.28. The van der Waals surface area contributed by atoms with Gasteiger partial charge in [0, 0.05) is 22.4 Å². The van der Waals surface area contributed by atoms with Crippen molar-refractivity contribution in [2.24, 2.45) is 5.73 Å². The number of imidazole rings is 1. The molecular formula is C29H29Cl2F2N5O2S. The van der Waals surface area contributed by atoms with Gasteiger partial charge in [-0.15, -0.1) is 0 Å². The minimum atomic E-state index is -0.571. The van der Waals surface area contributed by atoms with Crippen molar-refractivity contribution in [3.05, 3.63) is 99.3 Å². The molecule has 0 amide bonds. The van der Waals surface area contributed by atoms with Crippen LogP contribution in [0.3, 0.4) is 0 Å². The molecule has 0 aliphatic heterocycles. The maximum absolute atomic E-state index is 14.9. The zero-order valence-electron chi connectivity index (χ0n) is 22.6. The Balaban J connectivity index is 1.67. The summed E-state index contributed by atoms with van der Waals surface area (Å²) >= 11 is 13.8. The van der Waals surface area contributed by atoms with E-state index in [1.54, 1.807) is 37.6 Å². The molecule has 0 fully saturated rings. The molecule has 4 aromatic rings. The quantitative estimate of drug-likeness (QED) is 0.0727. The molecule has 7 nitrogen and oxygen atoms in total. The molecule has 0 unspecified atom stereocenters. The van der Waals surface area contributed by atoms with Gasteiger partial charge < -0.3 is 20.5 Å². The normalized spacial score (nSPS) is 11.4. The topological polar surface area (TPSA) is 98.2 Å². The first-order valence-corrected chi connectivity index (χ1v) is 14.2. The van der Waals surface area contributed by atoms with Crippen molar-refractivity contribution in [2.75, 3.05) is 20.3 Å². The molecule has 0 saturated carbocycles. The second-order valence-corrected chi connectivity index (χ2v) is 11.3. The van der Waals surface area contributed by atoms with E-state index in [0.717, 1.165) is 11.3 Å². The number of ether oxygens (including phenoxy) is 2. The number of nitrogens with one attached hydrogen (secondary N) is 2. The first kappa shape index (κ1) is 30.5. The smallest absolute Gasteiger partial charge is 0.185 e. The Hall–Kier alpha value is -3.47. The molecule has 1 heterocycles. The van der Waals surface area contributed by atoms with E-state index in [4.69, 9.17) is 43.8 Å². The van der Waals surface area contributed by atoms with Crippen LogP contribution < -0.4 is 20.5 Å². The summed E-state index contributed by atoms with van der Waals surface area (Å²) in [6, 6.07) is 14.5. The van der Waals surface area contributed by atoms with E-state index in [1.807, 2.05) is 30.5 Å². The van der Waals surface area contributed by atoms with Crippen molar-refractivity contribution in [1.29, 1.82) is 5.41 Å². The summed E-state index contributed by atoms with van der Waals surface area (Å²) in [7, 11) is 1.56. The number of methoxy groups -OCH3 is 1. The molecule has 0 aliphatic rings. The van der Waals surface area contributed by atoms with Gasteiger partial charge in [0.05, 0.1) is 35.6 Å². The molecule has 4 N–H and O–H groups in total. The number of rotatable bonds is 11. The van der Waals surface area contributed by atoms with Gasteiger partial charge in [-0.1, -0.05) is 54.9 Å². The number of nitrogens with two attached hydrogens (primary N) is 1. The molecule has 3 aromatic carbocycles. The average Bonchev–Trinajstić information content (AvgIpc) is 3.36. The fourth-order valence-corrected chi connectivity index (χ4v) is 5.56. The Morgan fingerprint density at radius 1 is 1.07 bits per heavy atom. The van der Waals surface area contributed by atoms with Gasteiger partial charge in [-0.3, -0.25) is 9.98 Å². The number of nitrogens with zero attached hydrogens (tertiary/aromatic N) is 2. The number of thioether (sulfide) groups is 1. The zero-order valence-corrected chi connectivity index (χ0v) is 24.9. The van der Waals surface area contributed by atoms with E-state index in [-0.39, 0.29) is 29.2 Å². The van der Waals surface area contributed by atoms with Crippen molar-refractivity contribution >= 4 is 40.9 Å². The molecule has 12 heteroatoms. The largest absolute Gasteiger partial charge is 0.495 e. The molecule has 1 aromatic heterocycles. The third-order valence-electron chi connectivity index (χ3n) is 6.46. The van der Waals surface area contributed by atoms with E-state index in [9.17, 15) is 8.78 Å². The minimum absolute atomic E-state index is 0.134. The monoisotopic (exact) mass is 619 g/mol.